The number of benzene rings is 1. The van der Waals surface area contributed by atoms with Gasteiger partial charge in [-0.15, -0.1) is 0 Å². The molecule has 0 aliphatic carbocycles. The normalized spacial score (nSPS) is 10.8. The number of nitrogens with zero attached hydrogens (tertiary/aromatic N) is 2. The predicted octanol–water partition coefficient (Wildman–Crippen LogP) is 2.64. The molecular formula is C14H24N2. The quantitative estimate of drug-likeness (QED) is 0.727. The second kappa shape index (κ2) is 6.54. The molecule has 0 bridgehead atoms. The van der Waals surface area contributed by atoms with Crippen LogP contribution in [0.3, 0.4) is 0 Å². The fourth-order valence-electron chi connectivity index (χ4n) is 1.79. The molecule has 0 aromatic heterocycles. The van der Waals surface area contributed by atoms with Gasteiger partial charge in [-0.2, -0.15) is 0 Å². The minimum Gasteiger partial charge on any atom is -0.378 e. The second-order valence-corrected chi connectivity index (χ2v) is 4.34. The lowest BCUT2D eigenvalue weighted by molar-refractivity contribution is 0.308. The van der Waals surface area contributed by atoms with Crippen LogP contribution < -0.4 is 4.90 Å². The Hall–Kier alpha value is -1.02. The zero-order valence-corrected chi connectivity index (χ0v) is 11.0. The van der Waals surface area contributed by atoms with Gasteiger partial charge in [0.05, 0.1) is 0 Å². The van der Waals surface area contributed by atoms with E-state index in [9.17, 15) is 0 Å². The van der Waals surface area contributed by atoms with E-state index < -0.39 is 0 Å². The molecule has 0 heterocycles. The van der Waals surface area contributed by atoms with E-state index in [1.807, 2.05) is 0 Å². The molecule has 90 valence electrons. The van der Waals surface area contributed by atoms with Crippen molar-refractivity contribution >= 4 is 5.69 Å². The summed E-state index contributed by atoms with van der Waals surface area (Å²) in [6.45, 7) is 7.89. The van der Waals surface area contributed by atoms with E-state index >= 15 is 0 Å². The Balaban J connectivity index is 2.49. The zero-order valence-electron chi connectivity index (χ0n) is 11.0. The van der Waals surface area contributed by atoms with Crippen LogP contribution in [-0.4, -0.2) is 38.6 Å². The van der Waals surface area contributed by atoms with E-state index in [0.717, 1.165) is 26.1 Å². The van der Waals surface area contributed by atoms with Crippen LogP contribution >= 0.6 is 0 Å². The Labute approximate surface area is 99.9 Å². The summed E-state index contributed by atoms with van der Waals surface area (Å²) in [4.78, 5) is 4.59. The third-order valence-corrected chi connectivity index (χ3v) is 3.06. The van der Waals surface area contributed by atoms with Crippen molar-refractivity contribution < 1.29 is 0 Å². The highest BCUT2D eigenvalue weighted by Crippen LogP contribution is 2.12. The molecular weight excluding hydrogens is 196 g/mol. The molecule has 0 fully saturated rings. The smallest absolute Gasteiger partial charge is 0.0361 e. The first-order valence-electron chi connectivity index (χ1n) is 6.16. The van der Waals surface area contributed by atoms with Crippen LogP contribution in [0.4, 0.5) is 5.69 Å². The Morgan fingerprint density at radius 2 is 1.50 bits per heavy atom. The van der Waals surface area contributed by atoms with Crippen molar-refractivity contribution in [1.29, 1.82) is 0 Å². The maximum Gasteiger partial charge on any atom is 0.0361 e. The standard InChI is InChI=1S/C14H24N2/c1-5-16(6-2)12-11-13-7-9-14(10-8-13)15(3)4/h7-10H,5-6,11-12H2,1-4H3. The summed E-state index contributed by atoms with van der Waals surface area (Å²) < 4.78 is 0. The summed E-state index contributed by atoms with van der Waals surface area (Å²) in [5.41, 5.74) is 2.70. The Morgan fingerprint density at radius 1 is 0.938 bits per heavy atom. The molecule has 0 spiro atoms. The van der Waals surface area contributed by atoms with Gasteiger partial charge in [0.2, 0.25) is 0 Å². The second-order valence-electron chi connectivity index (χ2n) is 4.34. The highest BCUT2D eigenvalue weighted by Gasteiger charge is 2.00. The van der Waals surface area contributed by atoms with Crippen LogP contribution in [0.15, 0.2) is 24.3 Å². The van der Waals surface area contributed by atoms with Gasteiger partial charge in [-0.1, -0.05) is 26.0 Å². The first-order valence-corrected chi connectivity index (χ1v) is 6.16. The molecule has 1 rings (SSSR count). The molecule has 0 N–H and O–H groups in total. The SMILES string of the molecule is CCN(CC)CCc1ccc(N(C)C)cc1. The summed E-state index contributed by atoms with van der Waals surface area (Å²) in [7, 11) is 4.15. The number of hydrogen-bond donors (Lipinski definition) is 0. The Bertz CT molecular complexity index is 286. The number of rotatable bonds is 6. The summed E-state index contributed by atoms with van der Waals surface area (Å²) in [6.07, 6.45) is 1.15. The van der Waals surface area contributed by atoms with E-state index in [4.69, 9.17) is 0 Å². The summed E-state index contributed by atoms with van der Waals surface area (Å²) in [6, 6.07) is 8.85. The number of hydrogen-bond acceptors (Lipinski definition) is 2. The van der Waals surface area contributed by atoms with E-state index in [2.05, 4.69) is 62.0 Å². The summed E-state index contributed by atoms with van der Waals surface area (Å²) in [5.74, 6) is 0. The van der Waals surface area contributed by atoms with E-state index in [1.165, 1.54) is 11.3 Å². The fourth-order valence-corrected chi connectivity index (χ4v) is 1.79. The molecule has 0 atom stereocenters. The van der Waals surface area contributed by atoms with Gasteiger partial charge in [0.15, 0.2) is 0 Å². The van der Waals surface area contributed by atoms with Crippen molar-refractivity contribution in [2.75, 3.05) is 38.6 Å². The first kappa shape index (κ1) is 13.0. The van der Waals surface area contributed by atoms with Crippen LogP contribution in [-0.2, 0) is 6.42 Å². The van der Waals surface area contributed by atoms with E-state index in [-0.39, 0.29) is 0 Å². The molecule has 1 aromatic carbocycles. The molecule has 0 saturated heterocycles. The van der Waals surface area contributed by atoms with Gasteiger partial charge in [-0.3, -0.25) is 0 Å². The molecule has 2 nitrogen and oxygen atoms in total. The number of anilines is 1. The molecule has 0 aliphatic heterocycles. The number of likely N-dealkylation sites (N-methyl/N-ethyl adjacent to an activating group) is 1. The van der Waals surface area contributed by atoms with Crippen LogP contribution in [0, 0.1) is 0 Å². The van der Waals surface area contributed by atoms with Crippen LogP contribution in [0.25, 0.3) is 0 Å². The van der Waals surface area contributed by atoms with Gasteiger partial charge in [-0.05, 0) is 37.2 Å². The molecule has 1 aromatic rings. The average Bonchev–Trinajstić information content (AvgIpc) is 2.31. The zero-order chi connectivity index (χ0) is 12.0. The van der Waals surface area contributed by atoms with Gasteiger partial charge in [-0.25, -0.2) is 0 Å². The molecule has 0 aliphatic rings. The van der Waals surface area contributed by atoms with Crippen molar-refractivity contribution in [2.45, 2.75) is 20.3 Å². The molecule has 16 heavy (non-hydrogen) atoms. The average molecular weight is 220 g/mol. The lowest BCUT2D eigenvalue weighted by Crippen LogP contribution is -2.25. The largest absolute Gasteiger partial charge is 0.378 e. The highest BCUT2D eigenvalue weighted by molar-refractivity contribution is 5.45. The maximum absolute atomic E-state index is 2.46. The molecule has 2 heteroatoms. The molecule has 0 unspecified atom stereocenters. The highest BCUT2D eigenvalue weighted by atomic mass is 15.1. The molecule has 0 amide bonds. The monoisotopic (exact) mass is 220 g/mol. The van der Waals surface area contributed by atoms with Gasteiger partial charge < -0.3 is 9.80 Å². The van der Waals surface area contributed by atoms with Crippen molar-refractivity contribution in [1.82, 2.24) is 4.90 Å². The molecule has 0 saturated carbocycles. The maximum atomic E-state index is 2.46. The minimum absolute atomic E-state index is 1.15. The van der Waals surface area contributed by atoms with Crippen molar-refractivity contribution in [3.63, 3.8) is 0 Å². The lowest BCUT2D eigenvalue weighted by atomic mass is 10.1. The third-order valence-electron chi connectivity index (χ3n) is 3.06. The minimum atomic E-state index is 1.15. The van der Waals surface area contributed by atoms with Gasteiger partial charge >= 0.3 is 0 Å². The van der Waals surface area contributed by atoms with Gasteiger partial charge in [0, 0.05) is 26.3 Å². The lowest BCUT2D eigenvalue weighted by Gasteiger charge is -2.18. The summed E-state index contributed by atoms with van der Waals surface area (Å²) >= 11 is 0. The van der Waals surface area contributed by atoms with Gasteiger partial charge in [0.1, 0.15) is 0 Å². The first-order chi connectivity index (χ1) is 7.67. The Kier molecular flexibility index (Phi) is 5.33. The van der Waals surface area contributed by atoms with Crippen molar-refractivity contribution in [2.24, 2.45) is 0 Å². The van der Waals surface area contributed by atoms with E-state index in [0.29, 0.717) is 0 Å². The van der Waals surface area contributed by atoms with Crippen molar-refractivity contribution in [3.8, 4) is 0 Å². The van der Waals surface area contributed by atoms with Crippen LogP contribution in [0.1, 0.15) is 19.4 Å². The fraction of sp³-hybridized carbons (Fsp3) is 0.571. The van der Waals surface area contributed by atoms with Crippen LogP contribution in [0.2, 0.25) is 0 Å². The topological polar surface area (TPSA) is 6.48 Å². The van der Waals surface area contributed by atoms with Crippen LogP contribution in [0.5, 0.6) is 0 Å². The van der Waals surface area contributed by atoms with Crippen molar-refractivity contribution in [3.05, 3.63) is 29.8 Å². The third kappa shape index (κ3) is 3.86. The van der Waals surface area contributed by atoms with Gasteiger partial charge in [0.25, 0.3) is 0 Å². The summed E-state index contributed by atoms with van der Waals surface area (Å²) in [5, 5.41) is 0. The molecule has 0 radical (unpaired) electrons. The predicted molar refractivity (Wildman–Crippen MR) is 72.3 cm³/mol. The Morgan fingerprint density at radius 3 is 1.94 bits per heavy atom. The van der Waals surface area contributed by atoms with E-state index in [1.54, 1.807) is 0 Å².